The van der Waals surface area contributed by atoms with Crippen LogP contribution in [0.1, 0.15) is 21.6 Å². The predicted molar refractivity (Wildman–Crippen MR) is 120 cm³/mol. The Hall–Kier alpha value is -3.87. The second-order valence-electron chi connectivity index (χ2n) is 8.39. The average molecular weight is 504 g/mol. The molecule has 10 nitrogen and oxygen atoms in total. The van der Waals surface area contributed by atoms with Crippen LogP contribution in [-0.2, 0) is 24.1 Å². The Morgan fingerprint density at radius 3 is 2.89 bits per heavy atom. The van der Waals surface area contributed by atoms with Crippen molar-refractivity contribution in [2.45, 2.75) is 31.5 Å². The van der Waals surface area contributed by atoms with Crippen LogP contribution in [0.5, 0.6) is 11.5 Å². The first-order valence-corrected chi connectivity index (χ1v) is 11.2. The maximum atomic E-state index is 13.6. The molecule has 1 aromatic carbocycles. The topological polar surface area (TPSA) is 104 Å². The number of hydrogen-bond donors (Lipinski definition) is 1. The minimum absolute atomic E-state index is 0.0711. The maximum absolute atomic E-state index is 13.6. The SMILES string of the molecule is COc1ccc2cc1OCCn1cc(nn1)CO[C@H]1CN(c3ncccc3C(F)(F)F)C[C@@H]1NC2=O. The normalized spacial score (nSPS) is 20.6. The van der Waals surface area contributed by atoms with E-state index >= 15 is 0 Å². The van der Waals surface area contributed by atoms with Crippen molar-refractivity contribution in [1.82, 2.24) is 25.3 Å². The summed E-state index contributed by atoms with van der Waals surface area (Å²) in [7, 11) is 1.50. The lowest BCUT2D eigenvalue weighted by Gasteiger charge is -2.21. The highest BCUT2D eigenvalue weighted by Crippen LogP contribution is 2.36. The van der Waals surface area contributed by atoms with Crippen LogP contribution in [0.3, 0.4) is 0 Å². The van der Waals surface area contributed by atoms with Crippen LogP contribution < -0.4 is 19.7 Å². The molecular weight excluding hydrogens is 481 g/mol. The number of nitrogens with one attached hydrogen (secondary N) is 1. The molecule has 2 aromatic heterocycles. The quantitative estimate of drug-likeness (QED) is 0.567. The third-order valence-corrected chi connectivity index (χ3v) is 6.01. The van der Waals surface area contributed by atoms with E-state index in [2.05, 4.69) is 20.6 Å². The van der Waals surface area contributed by atoms with Gasteiger partial charge in [-0.3, -0.25) is 4.79 Å². The molecule has 2 atom stereocenters. The number of ether oxygens (including phenoxy) is 3. The van der Waals surface area contributed by atoms with Crippen LogP contribution >= 0.6 is 0 Å². The van der Waals surface area contributed by atoms with Gasteiger partial charge in [0.25, 0.3) is 5.91 Å². The summed E-state index contributed by atoms with van der Waals surface area (Å²) in [6.07, 6.45) is -2.19. The van der Waals surface area contributed by atoms with Crippen molar-refractivity contribution < 1.29 is 32.2 Å². The number of aromatic nitrogens is 4. The molecule has 2 aliphatic rings. The zero-order chi connectivity index (χ0) is 25.3. The molecule has 0 aliphatic carbocycles. The van der Waals surface area contributed by atoms with Gasteiger partial charge in [0.15, 0.2) is 11.5 Å². The summed E-state index contributed by atoms with van der Waals surface area (Å²) in [4.78, 5) is 18.6. The van der Waals surface area contributed by atoms with E-state index in [-0.39, 0.29) is 32.1 Å². The zero-order valence-corrected chi connectivity index (χ0v) is 19.2. The summed E-state index contributed by atoms with van der Waals surface area (Å²) in [6, 6.07) is 6.38. The molecule has 0 radical (unpaired) electrons. The molecule has 1 fully saturated rings. The van der Waals surface area contributed by atoms with Gasteiger partial charge in [0.1, 0.15) is 18.1 Å². The van der Waals surface area contributed by atoms with E-state index in [1.54, 1.807) is 29.1 Å². The van der Waals surface area contributed by atoms with E-state index in [0.29, 0.717) is 29.3 Å². The van der Waals surface area contributed by atoms with Crippen LogP contribution in [0.4, 0.5) is 19.0 Å². The third kappa shape index (κ3) is 4.91. The molecule has 36 heavy (non-hydrogen) atoms. The Morgan fingerprint density at radius 1 is 1.22 bits per heavy atom. The number of anilines is 1. The Kier molecular flexibility index (Phi) is 6.39. The van der Waals surface area contributed by atoms with Crippen molar-refractivity contribution >= 4 is 11.7 Å². The van der Waals surface area contributed by atoms with Crippen molar-refractivity contribution in [3.05, 3.63) is 59.5 Å². The van der Waals surface area contributed by atoms with Crippen molar-refractivity contribution in [2.24, 2.45) is 0 Å². The van der Waals surface area contributed by atoms with Crippen LogP contribution in [0.15, 0.2) is 42.7 Å². The lowest BCUT2D eigenvalue weighted by Crippen LogP contribution is -2.44. The number of benzene rings is 1. The second-order valence-corrected chi connectivity index (χ2v) is 8.39. The number of fused-ring (bicyclic) bond motifs is 5. The Labute approximate surface area is 204 Å². The molecule has 190 valence electrons. The fourth-order valence-electron chi connectivity index (χ4n) is 4.26. The van der Waals surface area contributed by atoms with Gasteiger partial charge in [-0.2, -0.15) is 13.2 Å². The number of hydrogen-bond acceptors (Lipinski definition) is 8. The van der Waals surface area contributed by atoms with Gasteiger partial charge >= 0.3 is 6.18 Å². The Morgan fingerprint density at radius 2 is 2.08 bits per heavy atom. The summed E-state index contributed by atoms with van der Waals surface area (Å²) in [5.74, 6) is 0.206. The van der Waals surface area contributed by atoms with E-state index in [1.165, 1.54) is 24.3 Å². The van der Waals surface area contributed by atoms with Crippen molar-refractivity contribution in [3.63, 3.8) is 0 Å². The van der Waals surface area contributed by atoms with E-state index in [9.17, 15) is 18.0 Å². The number of amides is 1. The second kappa shape index (κ2) is 9.64. The van der Waals surface area contributed by atoms with Crippen molar-refractivity contribution in [3.8, 4) is 11.5 Å². The van der Waals surface area contributed by atoms with Gasteiger partial charge in [0.2, 0.25) is 0 Å². The molecule has 0 spiro atoms. The van der Waals surface area contributed by atoms with Gasteiger partial charge in [-0.1, -0.05) is 5.21 Å². The van der Waals surface area contributed by atoms with Gasteiger partial charge in [-0.25, -0.2) is 9.67 Å². The summed E-state index contributed by atoms with van der Waals surface area (Å²) >= 11 is 0. The van der Waals surface area contributed by atoms with Crippen LogP contribution in [0.25, 0.3) is 0 Å². The van der Waals surface area contributed by atoms with Crippen molar-refractivity contribution in [1.29, 1.82) is 0 Å². The number of methoxy groups -OCH3 is 1. The molecule has 2 aliphatic heterocycles. The number of nitrogens with zero attached hydrogens (tertiary/aromatic N) is 5. The Balaban J connectivity index is 1.46. The molecule has 1 saturated heterocycles. The highest BCUT2D eigenvalue weighted by molar-refractivity contribution is 5.95. The molecule has 3 aromatic rings. The van der Waals surface area contributed by atoms with E-state index in [4.69, 9.17) is 14.2 Å². The fraction of sp³-hybridized carbons (Fsp3) is 0.391. The number of alkyl halides is 3. The molecule has 1 amide bonds. The molecule has 0 unspecified atom stereocenters. The molecule has 4 heterocycles. The predicted octanol–water partition coefficient (Wildman–Crippen LogP) is 2.30. The van der Waals surface area contributed by atoms with E-state index in [1.807, 2.05) is 0 Å². The monoisotopic (exact) mass is 504 g/mol. The summed E-state index contributed by atoms with van der Waals surface area (Å²) in [5.41, 5.74) is 0.00672. The number of rotatable bonds is 2. The van der Waals surface area contributed by atoms with Crippen LogP contribution in [0.2, 0.25) is 0 Å². The minimum Gasteiger partial charge on any atom is -0.493 e. The van der Waals surface area contributed by atoms with E-state index < -0.39 is 29.8 Å². The zero-order valence-electron chi connectivity index (χ0n) is 19.2. The first kappa shape index (κ1) is 23.9. The number of carbonyl (C=O) groups excluding carboxylic acids is 1. The fourth-order valence-corrected chi connectivity index (χ4v) is 4.26. The summed E-state index contributed by atoms with van der Waals surface area (Å²) in [6.45, 7) is 0.893. The highest BCUT2D eigenvalue weighted by atomic mass is 19.4. The molecule has 1 N–H and O–H groups in total. The summed E-state index contributed by atoms with van der Waals surface area (Å²) < 4.78 is 59.7. The number of halogens is 3. The average Bonchev–Trinajstić information content (AvgIpc) is 3.48. The van der Waals surface area contributed by atoms with Crippen LogP contribution in [0, 0.1) is 0 Å². The molecule has 0 saturated carbocycles. The largest absolute Gasteiger partial charge is 0.493 e. The van der Waals surface area contributed by atoms with Gasteiger partial charge < -0.3 is 24.4 Å². The lowest BCUT2D eigenvalue weighted by atomic mass is 10.1. The first-order chi connectivity index (χ1) is 17.3. The summed E-state index contributed by atoms with van der Waals surface area (Å²) in [5, 5.41) is 11.0. The van der Waals surface area contributed by atoms with Crippen molar-refractivity contribution in [2.75, 3.05) is 31.7 Å². The highest BCUT2D eigenvalue weighted by Gasteiger charge is 2.41. The molecule has 4 bridgehead atoms. The maximum Gasteiger partial charge on any atom is 0.419 e. The minimum atomic E-state index is -4.58. The van der Waals surface area contributed by atoms with Gasteiger partial charge in [-0.15, -0.1) is 5.10 Å². The molecular formula is C23H23F3N6O4. The molecule has 5 rings (SSSR count). The lowest BCUT2D eigenvalue weighted by molar-refractivity contribution is -0.137. The van der Waals surface area contributed by atoms with Crippen LogP contribution in [-0.4, -0.2) is 64.8 Å². The third-order valence-electron chi connectivity index (χ3n) is 6.01. The van der Waals surface area contributed by atoms with E-state index in [0.717, 1.165) is 6.07 Å². The smallest absolute Gasteiger partial charge is 0.419 e. The first-order valence-electron chi connectivity index (χ1n) is 11.2. The number of pyridine rings is 1. The standard InChI is InChI=1S/C23H23F3N6O4/c1-34-18-5-4-14-9-19(18)35-8-7-32-10-15(29-30-32)13-36-20-12-31(11-17(20)28-22(14)33)21-16(23(24,25)26)3-2-6-27-21/h2-6,9-10,17,20H,7-8,11-13H2,1H3,(H,28,33)/t17-,20-/m0/s1. The van der Waals surface area contributed by atoms with Gasteiger partial charge in [0, 0.05) is 24.8 Å². The molecule has 13 heteroatoms. The number of carbonyl (C=O) groups is 1. The van der Waals surface area contributed by atoms with Gasteiger partial charge in [-0.05, 0) is 30.3 Å². The Bertz CT molecular complexity index is 1250. The van der Waals surface area contributed by atoms with Gasteiger partial charge in [0.05, 0.1) is 44.2 Å².